The Morgan fingerprint density at radius 2 is 1.00 bits per heavy atom. The van der Waals surface area contributed by atoms with Gasteiger partial charge in [0.2, 0.25) is 0 Å². The van der Waals surface area contributed by atoms with Gasteiger partial charge in [-0.25, -0.2) is 0 Å². The van der Waals surface area contributed by atoms with Crippen molar-refractivity contribution < 1.29 is 4.40 Å². The Morgan fingerprint density at radius 3 is 1.06 bits per heavy atom. The normalized spacial score (nSPS) is 8.52. The third kappa shape index (κ3) is 145. The number of nitrogens with zero attached hydrogens (tertiary/aromatic N) is 2. The van der Waals surface area contributed by atoms with Crippen molar-refractivity contribution in [1.82, 2.24) is 0 Å². The standard InChI is InChI=1S/C6H12.C5H7N.C4H8.C3H3N.CH4.H8P6.H6P4.2H2/c1-3-5-6-4-2;1-2-3-4-5-6;1-3-4-2;1-2-3-4;;1-5(2)6(3)4;1-4(2)3;;/h5-6H,3-4H2,1-2H3;3-4H,2H2,1H3;3H,1,4H2,2H3;2H,1H2;1H4;1-4H2;1-3H2;2*1H/i;;;;;;;1+1D;1+1. The summed E-state index contributed by atoms with van der Waals surface area (Å²) >= 11 is 0. The van der Waals surface area contributed by atoms with Crippen LogP contribution in [0.2, 0.25) is 0 Å². The zero-order chi connectivity index (χ0) is 27.2. The topological polar surface area (TPSA) is 47.6 Å². The second-order valence-corrected chi connectivity index (χ2v) is 35.9. The van der Waals surface area contributed by atoms with Gasteiger partial charge in [0.05, 0.1) is 12.1 Å². The molecule has 0 spiro atoms. The number of hydrogen-bond acceptors (Lipinski definition) is 2. The van der Waals surface area contributed by atoms with Crippen LogP contribution < -0.4 is 0 Å². The molecule has 2 nitrogen and oxygen atoms in total. The third-order valence-corrected chi connectivity index (χ3v) is 23.0. The van der Waals surface area contributed by atoms with Gasteiger partial charge in [0.25, 0.3) is 0 Å². The summed E-state index contributed by atoms with van der Waals surface area (Å²) < 4.78 is 10.0. The molecular weight excluding hydrogens is 566 g/mol. The zero-order valence-electron chi connectivity index (χ0n) is 21.0. The molecule has 0 radical (unpaired) electrons. The molecule has 12 heteroatoms. The average molecular weight is 621 g/mol. The van der Waals surface area contributed by atoms with E-state index >= 15 is 0 Å². The van der Waals surface area contributed by atoms with Crippen LogP contribution in [0.5, 0.6) is 0 Å². The van der Waals surface area contributed by atoms with Crippen LogP contribution in [0.3, 0.4) is 0 Å². The van der Waals surface area contributed by atoms with E-state index in [1.54, 1.807) is 6.07 Å². The molecule has 0 saturated carbocycles. The van der Waals surface area contributed by atoms with Gasteiger partial charge in [-0.15, -0.1) is 69.1 Å². The van der Waals surface area contributed by atoms with E-state index < -0.39 is 0 Å². The van der Waals surface area contributed by atoms with Crippen molar-refractivity contribution in [2.45, 2.75) is 60.8 Å². The Kier molecular flexibility index (Phi) is 87.5. The number of hydrogen-bond donors (Lipinski definition) is 0. The number of allylic oxidation sites excluding steroid dienone is 6. The van der Waals surface area contributed by atoms with E-state index in [-0.39, 0.29) is 29.8 Å². The molecule has 188 valence electrons. The molecule has 0 aliphatic heterocycles. The fourth-order valence-corrected chi connectivity index (χ4v) is 0.504. The Hall–Kier alpha value is 2.24. The van der Waals surface area contributed by atoms with Crippen LogP contribution in [0.15, 0.2) is 49.6 Å². The summed E-state index contributed by atoms with van der Waals surface area (Å²) in [5, 5.41) is 15.4. The van der Waals surface area contributed by atoms with Gasteiger partial charge in [-0.3, -0.25) is 0 Å². The molecule has 0 bridgehead atoms. The highest BCUT2D eigenvalue weighted by molar-refractivity contribution is 8.92. The predicted octanol–water partition coefficient (Wildman–Crippen LogP) is 12.1. The molecule has 31 heavy (non-hydrogen) atoms. The lowest BCUT2D eigenvalue weighted by atomic mass is 10.4. The molecule has 0 aromatic heterocycles. The Labute approximate surface area is 220 Å². The first kappa shape index (κ1) is 46.6. The van der Waals surface area contributed by atoms with Crippen LogP contribution in [0, 0.1) is 22.7 Å². The lowest BCUT2D eigenvalue weighted by Crippen LogP contribution is -1.51. The summed E-state index contributed by atoms with van der Waals surface area (Å²) in [5.41, 5.74) is 0. The molecule has 0 aliphatic carbocycles. The van der Waals surface area contributed by atoms with Gasteiger partial charge < -0.3 is 0 Å². The molecule has 0 aromatic carbocycles. The Morgan fingerprint density at radius 1 is 0.742 bits per heavy atom. The minimum Gasteiger partial charge on any atom is -0.193 e. The largest absolute Gasteiger partial charge is 0.193 e. The molecule has 0 aromatic rings. The second kappa shape index (κ2) is 58.3. The van der Waals surface area contributed by atoms with Gasteiger partial charge in [0.15, 0.2) is 0 Å². The van der Waals surface area contributed by atoms with Crippen molar-refractivity contribution in [3.8, 4) is 12.1 Å². The molecule has 0 N–H and O–H groups in total. The molecule has 7 atom stereocenters. The van der Waals surface area contributed by atoms with E-state index in [1.807, 2.05) is 25.1 Å². The first-order valence-corrected chi connectivity index (χ1v) is 25.0. The van der Waals surface area contributed by atoms with E-state index in [9.17, 15) is 0 Å². The highest BCUT2D eigenvalue weighted by atomic mass is 33.0. The van der Waals surface area contributed by atoms with Crippen molar-refractivity contribution in [2.75, 3.05) is 0 Å². The lowest BCUT2D eigenvalue weighted by molar-refractivity contribution is 1.16. The lowest BCUT2D eigenvalue weighted by Gasteiger charge is -2.06. The van der Waals surface area contributed by atoms with Crippen LogP contribution in [0.25, 0.3) is 0 Å². The predicted molar refractivity (Wildman–Crippen MR) is 191 cm³/mol. The molecular formula is C19H52N2P10. The average Bonchev–Trinajstić information content (AvgIpc) is 2.78. The third-order valence-electron chi connectivity index (χ3n) is 1.71. The van der Waals surface area contributed by atoms with Crippen LogP contribution >= 0.6 is 83.5 Å². The van der Waals surface area contributed by atoms with Gasteiger partial charge >= 0.3 is 0 Å². The van der Waals surface area contributed by atoms with Gasteiger partial charge in [0.1, 0.15) is 0 Å². The minimum absolute atomic E-state index is 0. The number of rotatable bonds is 5. The first-order valence-electron chi connectivity index (χ1n) is 9.98. The Bertz CT molecular complexity index is 440. The van der Waals surface area contributed by atoms with Crippen LogP contribution in [-0.4, -0.2) is 0 Å². The quantitative estimate of drug-likeness (QED) is 0.174. The maximum atomic E-state index is 7.86. The summed E-state index contributed by atoms with van der Waals surface area (Å²) in [5.74, 6) is 0. The highest BCUT2D eigenvalue weighted by Crippen LogP contribution is 2.86. The molecule has 0 rings (SSSR count). The zero-order valence-corrected chi connectivity index (χ0v) is 29.8. The van der Waals surface area contributed by atoms with Crippen molar-refractivity contribution in [1.29, 1.82) is 10.5 Å². The maximum absolute atomic E-state index is 7.86. The van der Waals surface area contributed by atoms with E-state index in [4.69, 9.17) is 13.5 Å². The minimum atomic E-state index is 0. The van der Waals surface area contributed by atoms with Crippen LogP contribution in [0.4, 0.5) is 0 Å². The fraction of sp³-hybridized carbons (Fsp3) is 0.474. The van der Waals surface area contributed by atoms with Gasteiger partial charge in [0, 0.05) is 16.5 Å². The Balaban J connectivity index is -0.0000000310. The van der Waals surface area contributed by atoms with Gasteiger partial charge in [-0.2, -0.15) is 10.5 Å². The van der Waals surface area contributed by atoms with E-state index in [0.29, 0.717) is 0 Å². The molecule has 0 saturated heterocycles. The maximum Gasteiger partial charge on any atom is 0.0908 e. The van der Waals surface area contributed by atoms with E-state index in [0.717, 1.165) is 12.8 Å². The molecule has 7 unspecified atom stereocenters. The van der Waals surface area contributed by atoms with Crippen LogP contribution in [-0.2, 0) is 0 Å². The summed E-state index contributed by atoms with van der Waals surface area (Å²) in [6.45, 7) is 15.4. The van der Waals surface area contributed by atoms with E-state index in [2.05, 4.69) is 109 Å². The van der Waals surface area contributed by atoms with Crippen molar-refractivity contribution in [3.05, 3.63) is 49.6 Å². The van der Waals surface area contributed by atoms with Crippen LogP contribution in [0.1, 0.15) is 65.2 Å². The second-order valence-electron chi connectivity index (χ2n) is 4.47. The van der Waals surface area contributed by atoms with E-state index in [1.165, 1.54) is 25.0 Å². The molecule has 0 amide bonds. The summed E-state index contributed by atoms with van der Waals surface area (Å²) in [6, 6.07) is 3.58. The summed E-state index contributed by atoms with van der Waals surface area (Å²) in [4.78, 5) is 0. The van der Waals surface area contributed by atoms with Crippen molar-refractivity contribution >= 4 is 83.5 Å². The molecule has 0 aliphatic rings. The van der Waals surface area contributed by atoms with Crippen molar-refractivity contribution in [2.24, 2.45) is 0 Å². The van der Waals surface area contributed by atoms with Gasteiger partial charge in [-0.1, -0.05) is 66.0 Å². The monoisotopic (exact) mass is 621 g/mol. The fourth-order valence-electron chi connectivity index (χ4n) is 0.504. The summed E-state index contributed by atoms with van der Waals surface area (Å²) in [6.07, 6.45) is 15.1. The van der Waals surface area contributed by atoms with Gasteiger partial charge in [-0.05, 0) is 46.6 Å². The highest BCUT2D eigenvalue weighted by Gasteiger charge is 1.95. The first-order chi connectivity index (χ1) is 15.0. The molecule has 0 heterocycles. The van der Waals surface area contributed by atoms with Crippen molar-refractivity contribution in [3.63, 3.8) is 0 Å². The smallest absolute Gasteiger partial charge is 0.0908 e. The summed E-state index contributed by atoms with van der Waals surface area (Å²) in [7, 11) is 19.1. The SMILES string of the molecule is C.C=CC#N.C=CCC.CCC=CC#N.CCC=CCC.PP(P)P.PP(P)P(P)P.[2HH].[2H][2H]. The molecule has 0 fully saturated rings. The number of nitriles is 2.